The topological polar surface area (TPSA) is 186 Å². The van der Waals surface area contributed by atoms with Gasteiger partial charge in [-0.2, -0.15) is 0 Å². The molecule has 6 N–H and O–H groups in total. The Kier molecular flexibility index (Phi) is 7.95. The van der Waals surface area contributed by atoms with E-state index in [0.29, 0.717) is 18.7 Å². The average Bonchev–Trinajstić information content (AvgIpc) is 3.34. The predicted molar refractivity (Wildman–Crippen MR) is 124 cm³/mol. The summed E-state index contributed by atoms with van der Waals surface area (Å²) in [7, 11) is 0. The Labute approximate surface area is 199 Å². The minimum atomic E-state index is -1.24. The van der Waals surface area contributed by atoms with Crippen molar-refractivity contribution in [3.05, 3.63) is 29.8 Å². The maximum absolute atomic E-state index is 12.7. The summed E-state index contributed by atoms with van der Waals surface area (Å²) in [6, 6.07) is 4.45. The Hall–Kier alpha value is -2.96. The summed E-state index contributed by atoms with van der Waals surface area (Å²) in [5, 5.41) is 43.2. The highest BCUT2D eigenvalue weighted by Crippen LogP contribution is 2.39. The summed E-state index contributed by atoms with van der Waals surface area (Å²) in [6.07, 6.45) is -0.803. The van der Waals surface area contributed by atoms with Gasteiger partial charge in [-0.05, 0) is 37.5 Å². The van der Waals surface area contributed by atoms with Crippen molar-refractivity contribution in [1.29, 1.82) is 0 Å². The van der Waals surface area contributed by atoms with E-state index in [2.05, 4.69) is 15.6 Å². The Bertz CT molecular complexity index is 1010. The van der Waals surface area contributed by atoms with E-state index in [9.17, 15) is 34.5 Å². The Balaban J connectivity index is 1.66. The van der Waals surface area contributed by atoms with Crippen LogP contribution in [0.2, 0.25) is 0 Å². The van der Waals surface area contributed by atoms with E-state index in [1.165, 1.54) is 36.9 Å². The molecule has 2 aliphatic heterocycles. The van der Waals surface area contributed by atoms with E-state index in [0.717, 1.165) is 0 Å². The molecule has 1 amide bonds. The third kappa shape index (κ3) is 5.57. The second-order valence-corrected chi connectivity index (χ2v) is 9.97. The van der Waals surface area contributed by atoms with Gasteiger partial charge in [0, 0.05) is 17.5 Å². The SMILES string of the molecule is C[C@@H]1[C@H]([C@@H](C(=O)O)[C@@H](C)O)N=C(C(=O)O)[C@H]1S[C@@H]1CN[C@H](C(=O)Nc2cccc(C(=O)O)c2)C1. The fraction of sp³-hybridized carbons (Fsp3) is 0.500. The van der Waals surface area contributed by atoms with Crippen LogP contribution >= 0.6 is 11.8 Å². The maximum Gasteiger partial charge on any atom is 0.350 e. The Morgan fingerprint density at radius 2 is 1.88 bits per heavy atom. The van der Waals surface area contributed by atoms with E-state index in [1.807, 2.05) is 0 Å². The molecule has 1 fully saturated rings. The molecular weight excluding hydrogens is 466 g/mol. The van der Waals surface area contributed by atoms with Crippen LogP contribution in [0.1, 0.15) is 30.6 Å². The molecule has 0 saturated carbocycles. The number of aromatic carboxylic acids is 1. The molecule has 1 aromatic rings. The zero-order chi connectivity index (χ0) is 25.2. The molecule has 184 valence electrons. The molecule has 0 spiro atoms. The van der Waals surface area contributed by atoms with Gasteiger partial charge in [0.15, 0.2) is 0 Å². The standard InChI is InChI=1S/C22H27N3O8S/c1-9-16(15(10(2)26)21(30)31)25-17(22(32)33)18(9)34-13-7-14(23-8-13)19(27)24-12-5-3-4-11(6-12)20(28)29/h3-6,9-10,13-16,18,23,26H,7-8H2,1-2H3,(H,24,27)(H,28,29)(H,30,31)(H,32,33)/t9-,10-,13+,14+,15+,16-,18+/m1/s1. The lowest BCUT2D eigenvalue weighted by Gasteiger charge is -2.27. The third-order valence-corrected chi connectivity index (χ3v) is 7.78. The summed E-state index contributed by atoms with van der Waals surface area (Å²) in [5.74, 6) is -5.59. The summed E-state index contributed by atoms with van der Waals surface area (Å²) in [5.41, 5.74) is 0.272. The van der Waals surface area contributed by atoms with Crippen molar-refractivity contribution in [3.63, 3.8) is 0 Å². The minimum Gasteiger partial charge on any atom is -0.481 e. The van der Waals surface area contributed by atoms with Gasteiger partial charge in [-0.25, -0.2) is 9.59 Å². The van der Waals surface area contributed by atoms with Crippen LogP contribution in [0.25, 0.3) is 0 Å². The molecule has 3 rings (SSSR count). The van der Waals surface area contributed by atoms with Crippen molar-refractivity contribution in [2.24, 2.45) is 16.8 Å². The lowest BCUT2D eigenvalue weighted by molar-refractivity contribution is -0.146. The molecule has 1 aromatic carbocycles. The number of carboxylic acids is 3. The summed E-state index contributed by atoms with van der Waals surface area (Å²) < 4.78 is 0. The lowest BCUT2D eigenvalue weighted by atomic mass is 9.86. The maximum atomic E-state index is 12.7. The quantitative estimate of drug-likeness (QED) is 0.287. The lowest BCUT2D eigenvalue weighted by Crippen LogP contribution is -2.40. The summed E-state index contributed by atoms with van der Waals surface area (Å²) in [6.45, 7) is 3.50. The number of nitrogens with one attached hydrogen (secondary N) is 2. The van der Waals surface area contributed by atoms with Crippen molar-refractivity contribution < 1.29 is 39.6 Å². The summed E-state index contributed by atoms with van der Waals surface area (Å²) >= 11 is 1.33. The number of nitrogens with zero attached hydrogens (tertiary/aromatic N) is 1. The van der Waals surface area contributed by atoms with Crippen LogP contribution in [0, 0.1) is 11.8 Å². The van der Waals surface area contributed by atoms with Gasteiger partial charge in [0.25, 0.3) is 0 Å². The van der Waals surface area contributed by atoms with Gasteiger partial charge in [-0.15, -0.1) is 11.8 Å². The number of hydrogen-bond acceptors (Lipinski definition) is 8. The number of aliphatic imine (C=N–C) groups is 1. The average molecular weight is 494 g/mol. The van der Waals surface area contributed by atoms with Crippen LogP contribution in [-0.4, -0.2) is 85.2 Å². The van der Waals surface area contributed by atoms with Crippen LogP contribution in [0.5, 0.6) is 0 Å². The van der Waals surface area contributed by atoms with Crippen molar-refractivity contribution in [1.82, 2.24) is 5.32 Å². The number of benzene rings is 1. The number of aliphatic hydroxyl groups excluding tert-OH is 1. The normalized spacial score (nSPS) is 28.1. The predicted octanol–water partition coefficient (Wildman–Crippen LogP) is 0.781. The first-order chi connectivity index (χ1) is 16.0. The molecule has 11 nitrogen and oxygen atoms in total. The Morgan fingerprint density at radius 1 is 1.18 bits per heavy atom. The van der Waals surface area contributed by atoms with Crippen LogP contribution < -0.4 is 10.6 Å². The number of carbonyl (C=O) groups excluding carboxylic acids is 1. The highest BCUT2D eigenvalue weighted by molar-refractivity contribution is 8.01. The molecular formula is C22H27N3O8S. The van der Waals surface area contributed by atoms with Crippen LogP contribution in [0.3, 0.4) is 0 Å². The van der Waals surface area contributed by atoms with Crippen molar-refractivity contribution in [2.75, 3.05) is 11.9 Å². The van der Waals surface area contributed by atoms with Crippen molar-refractivity contribution >= 4 is 47.0 Å². The molecule has 2 heterocycles. The Morgan fingerprint density at radius 3 is 2.47 bits per heavy atom. The number of hydrogen-bond donors (Lipinski definition) is 6. The van der Waals surface area contributed by atoms with Gasteiger partial charge in [-0.1, -0.05) is 13.0 Å². The van der Waals surface area contributed by atoms with Crippen molar-refractivity contribution in [2.45, 2.75) is 49.0 Å². The smallest absolute Gasteiger partial charge is 0.350 e. The second kappa shape index (κ2) is 10.5. The molecule has 0 unspecified atom stereocenters. The van der Waals surface area contributed by atoms with E-state index in [4.69, 9.17) is 5.11 Å². The highest BCUT2D eigenvalue weighted by Gasteiger charge is 2.48. The van der Waals surface area contributed by atoms with Gasteiger partial charge < -0.3 is 31.1 Å². The molecule has 0 bridgehead atoms. The zero-order valence-corrected chi connectivity index (χ0v) is 19.4. The van der Waals surface area contributed by atoms with Gasteiger partial charge in [0.05, 0.1) is 29.0 Å². The van der Waals surface area contributed by atoms with Crippen LogP contribution in [0.15, 0.2) is 29.3 Å². The summed E-state index contributed by atoms with van der Waals surface area (Å²) in [4.78, 5) is 51.4. The first-order valence-corrected chi connectivity index (χ1v) is 11.7. The van der Waals surface area contributed by atoms with Crippen molar-refractivity contribution in [3.8, 4) is 0 Å². The van der Waals surface area contributed by atoms with Gasteiger partial charge in [-0.3, -0.25) is 14.6 Å². The number of amides is 1. The molecule has 12 heteroatoms. The highest BCUT2D eigenvalue weighted by atomic mass is 32.2. The largest absolute Gasteiger partial charge is 0.481 e. The fourth-order valence-electron chi connectivity index (χ4n) is 4.36. The van der Waals surface area contributed by atoms with Crippen LogP contribution in [0.4, 0.5) is 5.69 Å². The number of rotatable bonds is 9. The zero-order valence-electron chi connectivity index (χ0n) is 18.5. The minimum absolute atomic E-state index is 0.0488. The molecule has 0 radical (unpaired) electrons. The van der Waals surface area contributed by atoms with E-state index >= 15 is 0 Å². The van der Waals surface area contributed by atoms with Gasteiger partial charge in [0.2, 0.25) is 5.91 Å². The van der Waals surface area contributed by atoms with E-state index < -0.39 is 53.2 Å². The third-order valence-electron chi connectivity index (χ3n) is 6.09. The number of aliphatic hydroxyl groups is 1. The molecule has 34 heavy (non-hydrogen) atoms. The molecule has 0 aromatic heterocycles. The number of aliphatic carboxylic acids is 2. The fourth-order valence-corrected chi connectivity index (χ4v) is 5.97. The molecule has 1 saturated heterocycles. The molecule has 2 aliphatic rings. The monoisotopic (exact) mass is 493 g/mol. The van der Waals surface area contributed by atoms with Gasteiger partial charge >= 0.3 is 17.9 Å². The van der Waals surface area contributed by atoms with Crippen LogP contribution in [-0.2, 0) is 14.4 Å². The molecule has 7 atom stereocenters. The second-order valence-electron chi connectivity index (χ2n) is 8.52. The molecule has 0 aliphatic carbocycles. The number of carbonyl (C=O) groups is 4. The first kappa shape index (κ1) is 25.7. The first-order valence-electron chi connectivity index (χ1n) is 10.7. The number of anilines is 1. The van der Waals surface area contributed by atoms with E-state index in [1.54, 1.807) is 13.0 Å². The van der Waals surface area contributed by atoms with E-state index in [-0.39, 0.29) is 22.4 Å². The van der Waals surface area contributed by atoms with Gasteiger partial charge in [0.1, 0.15) is 11.6 Å². The number of thioether (sulfide) groups is 1. The number of carboxylic acid groups (broad SMARTS) is 3.